The lowest BCUT2D eigenvalue weighted by Crippen LogP contribution is -2.46. The number of halogens is 4. The summed E-state index contributed by atoms with van der Waals surface area (Å²) < 4.78 is 38.7. The lowest BCUT2D eigenvalue weighted by Gasteiger charge is -2.36. The Morgan fingerprint density at radius 1 is 1.41 bits per heavy atom. The van der Waals surface area contributed by atoms with Gasteiger partial charge in [-0.05, 0) is 44.5 Å². The zero-order valence-corrected chi connectivity index (χ0v) is 13.1. The van der Waals surface area contributed by atoms with Crippen LogP contribution in [0.4, 0.5) is 18.9 Å². The van der Waals surface area contributed by atoms with Crippen molar-refractivity contribution in [3.8, 4) is 6.07 Å². The number of hydrogen-bond donors (Lipinski definition) is 1. The van der Waals surface area contributed by atoms with E-state index in [-0.39, 0.29) is 24.0 Å². The molecule has 1 saturated heterocycles. The molecule has 2 rings (SSSR count). The third-order valence-corrected chi connectivity index (χ3v) is 3.81. The molecule has 122 valence electrons. The smallest absolute Gasteiger partial charge is 0.366 e. The number of hydrogen-bond acceptors (Lipinski definition) is 3. The standard InChI is InChI=1S/C15H18F3N3.ClH/c1-2-21(13-4-3-7-20-10-13)14-8-12(15(16,17)18)6-5-11(14)9-19;/h5-6,8,13,20H,2-4,7,10H2,1H3;1H. The SMILES string of the molecule is CCN(c1cc(C(F)(F)F)ccc1C#N)C1CCCNC1.Cl. The minimum atomic E-state index is -4.40. The van der Waals surface area contributed by atoms with Gasteiger partial charge in [-0.1, -0.05) is 0 Å². The summed E-state index contributed by atoms with van der Waals surface area (Å²) in [6.45, 7) is 4.13. The molecule has 1 atom stereocenters. The van der Waals surface area contributed by atoms with Crippen LogP contribution in [0.1, 0.15) is 30.9 Å². The van der Waals surface area contributed by atoms with Gasteiger partial charge in [-0.3, -0.25) is 0 Å². The first-order chi connectivity index (χ1) is 9.97. The molecule has 1 fully saturated rings. The Morgan fingerprint density at radius 2 is 2.14 bits per heavy atom. The highest BCUT2D eigenvalue weighted by Gasteiger charge is 2.32. The van der Waals surface area contributed by atoms with E-state index in [4.69, 9.17) is 0 Å². The van der Waals surface area contributed by atoms with Gasteiger partial charge in [-0.25, -0.2) is 0 Å². The predicted octanol–water partition coefficient (Wildman–Crippen LogP) is 3.58. The van der Waals surface area contributed by atoms with E-state index >= 15 is 0 Å². The molecule has 0 amide bonds. The van der Waals surface area contributed by atoms with Crippen molar-refractivity contribution < 1.29 is 13.2 Å². The van der Waals surface area contributed by atoms with Gasteiger partial charge in [-0.2, -0.15) is 18.4 Å². The van der Waals surface area contributed by atoms with E-state index < -0.39 is 11.7 Å². The molecule has 22 heavy (non-hydrogen) atoms. The fourth-order valence-corrected chi connectivity index (χ4v) is 2.76. The van der Waals surface area contributed by atoms with Gasteiger partial charge >= 0.3 is 6.18 Å². The minimum Gasteiger partial charge on any atom is -0.366 e. The Hall–Kier alpha value is -1.45. The highest BCUT2D eigenvalue weighted by molar-refractivity contribution is 5.85. The van der Waals surface area contributed by atoms with E-state index in [2.05, 4.69) is 5.32 Å². The van der Waals surface area contributed by atoms with Gasteiger partial charge in [0.2, 0.25) is 0 Å². The maximum atomic E-state index is 12.9. The Balaban J connectivity index is 0.00000242. The molecule has 1 aromatic carbocycles. The summed E-state index contributed by atoms with van der Waals surface area (Å²) in [5.41, 5.74) is -0.0438. The van der Waals surface area contributed by atoms with Gasteiger partial charge in [0, 0.05) is 19.1 Å². The van der Waals surface area contributed by atoms with Gasteiger partial charge in [-0.15, -0.1) is 12.4 Å². The summed E-state index contributed by atoms with van der Waals surface area (Å²) in [7, 11) is 0. The third kappa shape index (κ3) is 4.05. The number of anilines is 1. The molecule has 1 unspecified atom stereocenters. The Kier molecular flexibility index (Phi) is 6.51. The van der Waals surface area contributed by atoms with E-state index in [1.807, 2.05) is 17.9 Å². The molecule has 1 heterocycles. The van der Waals surface area contributed by atoms with Crippen LogP contribution in [0.5, 0.6) is 0 Å². The summed E-state index contributed by atoms with van der Waals surface area (Å²) in [5, 5.41) is 12.4. The Morgan fingerprint density at radius 3 is 2.64 bits per heavy atom. The normalized spacial score (nSPS) is 18.2. The first-order valence-electron chi connectivity index (χ1n) is 7.06. The topological polar surface area (TPSA) is 39.1 Å². The molecule has 3 nitrogen and oxygen atoms in total. The number of alkyl halides is 3. The zero-order valence-electron chi connectivity index (χ0n) is 12.3. The predicted molar refractivity (Wildman–Crippen MR) is 82.3 cm³/mol. The van der Waals surface area contributed by atoms with Crippen molar-refractivity contribution in [2.24, 2.45) is 0 Å². The highest BCUT2D eigenvalue weighted by atomic mass is 35.5. The monoisotopic (exact) mass is 333 g/mol. The average Bonchev–Trinajstić information content (AvgIpc) is 2.48. The number of nitriles is 1. The van der Waals surface area contributed by atoms with Crippen LogP contribution in [-0.4, -0.2) is 25.7 Å². The summed E-state index contributed by atoms with van der Waals surface area (Å²) >= 11 is 0. The van der Waals surface area contributed by atoms with Gasteiger partial charge in [0.1, 0.15) is 6.07 Å². The maximum absolute atomic E-state index is 12.9. The molecule has 0 radical (unpaired) electrons. The molecular formula is C15H19ClF3N3. The number of likely N-dealkylation sites (N-methyl/N-ethyl adjacent to an activating group) is 1. The van der Waals surface area contributed by atoms with Crippen LogP contribution in [0.3, 0.4) is 0 Å². The number of rotatable bonds is 3. The molecule has 0 saturated carbocycles. The molecule has 0 bridgehead atoms. The molecular weight excluding hydrogens is 315 g/mol. The molecule has 1 aliphatic heterocycles. The van der Waals surface area contributed by atoms with E-state index in [1.54, 1.807) is 0 Å². The Labute approximate surface area is 134 Å². The Bertz CT molecular complexity index is 534. The minimum absolute atomic E-state index is 0. The quantitative estimate of drug-likeness (QED) is 0.919. The second-order valence-corrected chi connectivity index (χ2v) is 5.13. The largest absolute Gasteiger partial charge is 0.416 e. The van der Waals surface area contributed by atoms with E-state index in [0.717, 1.165) is 38.1 Å². The van der Waals surface area contributed by atoms with Crippen molar-refractivity contribution in [1.82, 2.24) is 5.32 Å². The molecule has 1 aromatic rings. The highest BCUT2D eigenvalue weighted by Crippen LogP contribution is 2.34. The van der Waals surface area contributed by atoms with Crippen molar-refractivity contribution in [1.29, 1.82) is 5.26 Å². The number of piperidine rings is 1. The van der Waals surface area contributed by atoms with Crippen molar-refractivity contribution in [2.45, 2.75) is 32.0 Å². The van der Waals surface area contributed by atoms with Crippen LogP contribution in [0.25, 0.3) is 0 Å². The van der Waals surface area contributed by atoms with Crippen LogP contribution >= 0.6 is 12.4 Å². The number of benzene rings is 1. The van der Waals surface area contributed by atoms with Crippen molar-refractivity contribution in [3.63, 3.8) is 0 Å². The molecule has 0 aliphatic carbocycles. The average molecular weight is 334 g/mol. The van der Waals surface area contributed by atoms with Gasteiger partial charge in [0.05, 0.1) is 16.8 Å². The van der Waals surface area contributed by atoms with Crippen LogP contribution in [0.15, 0.2) is 18.2 Å². The van der Waals surface area contributed by atoms with Gasteiger partial charge in [0.25, 0.3) is 0 Å². The number of nitrogens with zero attached hydrogens (tertiary/aromatic N) is 2. The van der Waals surface area contributed by atoms with E-state index in [1.165, 1.54) is 6.07 Å². The lowest BCUT2D eigenvalue weighted by molar-refractivity contribution is -0.137. The van der Waals surface area contributed by atoms with Crippen molar-refractivity contribution in [2.75, 3.05) is 24.5 Å². The lowest BCUT2D eigenvalue weighted by atomic mass is 10.0. The van der Waals surface area contributed by atoms with Gasteiger partial charge in [0.15, 0.2) is 0 Å². The summed E-state index contributed by atoms with van der Waals surface area (Å²) in [6.07, 6.45) is -2.49. The van der Waals surface area contributed by atoms with Crippen molar-refractivity contribution in [3.05, 3.63) is 29.3 Å². The second-order valence-electron chi connectivity index (χ2n) is 5.13. The third-order valence-electron chi connectivity index (χ3n) is 3.81. The molecule has 1 N–H and O–H groups in total. The summed E-state index contributed by atoms with van der Waals surface area (Å²) in [6, 6.07) is 5.45. The fraction of sp³-hybridized carbons (Fsp3) is 0.533. The van der Waals surface area contributed by atoms with Gasteiger partial charge < -0.3 is 10.2 Å². The van der Waals surface area contributed by atoms with Crippen LogP contribution in [0, 0.1) is 11.3 Å². The molecule has 1 aliphatic rings. The summed E-state index contributed by atoms with van der Waals surface area (Å²) in [5.74, 6) is 0. The van der Waals surface area contributed by atoms with Crippen molar-refractivity contribution >= 4 is 18.1 Å². The van der Waals surface area contributed by atoms with E-state index in [9.17, 15) is 18.4 Å². The van der Waals surface area contributed by atoms with E-state index in [0.29, 0.717) is 12.2 Å². The fourth-order valence-electron chi connectivity index (χ4n) is 2.76. The second kappa shape index (κ2) is 7.70. The summed E-state index contributed by atoms with van der Waals surface area (Å²) in [4.78, 5) is 1.90. The maximum Gasteiger partial charge on any atom is 0.416 e. The van der Waals surface area contributed by atoms with Crippen LogP contribution in [-0.2, 0) is 6.18 Å². The van der Waals surface area contributed by atoms with Crippen LogP contribution in [0.2, 0.25) is 0 Å². The zero-order chi connectivity index (χ0) is 15.5. The molecule has 7 heteroatoms. The molecule has 0 aromatic heterocycles. The number of nitrogens with one attached hydrogen (secondary N) is 1. The van der Waals surface area contributed by atoms with Crippen LogP contribution < -0.4 is 10.2 Å². The first-order valence-corrected chi connectivity index (χ1v) is 7.06. The molecule has 0 spiro atoms. The first kappa shape index (κ1) is 18.6.